The molecule has 240 valence electrons. The van der Waals surface area contributed by atoms with Gasteiger partial charge in [-0.2, -0.15) is 26.7 Å². The highest BCUT2D eigenvalue weighted by Gasteiger charge is 2.43. The molecule has 0 atom stereocenters. The first kappa shape index (κ1) is 32.4. The second-order valence-electron chi connectivity index (χ2n) is 10.0. The molecule has 3 aromatic carbocycles. The minimum absolute atomic E-state index is 0.108. The highest BCUT2D eigenvalue weighted by atomic mass is 32.1. The topological polar surface area (TPSA) is 117 Å². The Hall–Kier alpha value is -4.96. The molecule has 16 heteroatoms. The summed E-state index contributed by atoms with van der Waals surface area (Å²) >= 11 is -0.750. The van der Waals surface area contributed by atoms with E-state index >= 15 is 0 Å². The number of aromatic nitrogens is 3. The summed E-state index contributed by atoms with van der Waals surface area (Å²) in [4.78, 5) is 4.49. The molecule has 0 radical (unpaired) electrons. The molecule has 3 heterocycles. The standard InChI is InChI=1S/C30H21F6N3O4.O2S/c1-14-8-19(11-22(31)21(14)13-40)17-4-6-23(39-15(2)9-26(38-39)29(32,33)34)20(10-17)27-28(41-16(3)37-27)18-5-7-24-25(12-18)43-30(35,36)42-24;1-3-2/h4-12,40H,13H2,1-3H3;. The van der Waals surface area contributed by atoms with Crippen LogP contribution in [-0.4, -0.2) is 34.6 Å². The van der Waals surface area contributed by atoms with Gasteiger partial charge in [0.2, 0.25) is 0 Å². The monoisotopic (exact) mass is 665 g/mol. The van der Waals surface area contributed by atoms with Crippen molar-refractivity contribution in [1.29, 1.82) is 0 Å². The van der Waals surface area contributed by atoms with Crippen molar-refractivity contribution in [2.45, 2.75) is 39.8 Å². The van der Waals surface area contributed by atoms with E-state index in [0.717, 1.165) is 10.7 Å². The number of aliphatic hydroxyl groups is 1. The van der Waals surface area contributed by atoms with Crippen LogP contribution in [0.25, 0.3) is 39.4 Å². The van der Waals surface area contributed by atoms with E-state index in [9.17, 15) is 31.4 Å². The molecule has 2 aromatic heterocycles. The Balaban J connectivity index is 0.00000134. The van der Waals surface area contributed by atoms with Crippen LogP contribution in [0.15, 0.2) is 59.0 Å². The molecular weight excluding hydrogens is 644 g/mol. The first-order valence-corrected chi connectivity index (χ1v) is 13.8. The van der Waals surface area contributed by atoms with Crippen molar-refractivity contribution >= 4 is 11.6 Å². The van der Waals surface area contributed by atoms with Crippen molar-refractivity contribution in [3.63, 3.8) is 0 Å². The van der Waals surface area contributed by atoms with Gasteiger partial charge in [0.15, 0.2) is 28.8 Å². The highest BCUT2D eigenvalue weighted by molar-refractivity contribution is 7.51. The number of fused-ring (bicyclic) bond motifs is 1. The predicted molar refractivity (Wildman–Crippen MR) is 150 cm³/mol. The number of hydrogen-bond donors (Lipinski definition) is 1. The number of halogens is 6. The second kappa shape index (κ2) is 12.1. The zero-order valence-electron chi connectivity index (χ0n) is 23.9. The minimum atomic E-state index is -4.70. The van der Waals surface area contributed by atoms with Crippen molar-refractivity contribution in [3.8, 4) is 50.9 Å². The molecule has 0 spiro atoms. The smallest absolute Gasteiger partial charge is 0.440 e. The Bertz CT molecular complexity index is 1980. The van der Waals surface area contributed by atoms with Crippen LogP contribution in [0.1, 0.15) is 28.4 Å². The first-order chi connectivity index (χ1) is 21.6. The summed E-state index contributed by atoms with van der Waals surface area (Å²) in [5.41, 5.74) is 1.49. The van der Waals surface area contributed by atoms with Gasteiger partial charge in [-0.05, 0) is 73.0 Å². The van der Waals surface area contributed by atoms with Crippen LogP contribution in [0.3, 0.4) is 0 Å². The lowest BCUT2D eigenvalue weighted by Gasteiger charge is -2.15. The third kappa shape index (κ3) is 6.25. The number of hydrogen-bond acceptors (Lipinski definition) is 8. The Morgan fingerprint density at radius 1 is 0.913 bits per heavy atom. The average molecular weight is 666 g/mol. The van der Waals surface area contributed by atoms with Gasteiger partial charge in [-0.3, -0.25) is 0 Å². The molecule has 0 amide bonds. The Morgan fingerprint density at radius 3 is 2.22 bits per heavy atom. The minimum Gasteiger partial charge on any atom is -0.440 e. The lowest BCUT2D eigenvalue weighted by atomic mass is 9.95. The number of ether oxygens (including phenoxy) is 2. The number of aryl methyl sites for hydroxylation is 3. The number of aliphatic hydroxyl groups excluding tert-OH is 1. The summed E-state index contributed by atoms with van der Waals surface area (Å²) in [7, 11) is 0. The van der Waals surface area contributed by atoms with Gasteiger partial charge in [0, 0.05) is 29.3 Å². The summed E-state index contributed by atoms with van der Waals surface area (Å²) in [5, 5.41) is 13.3. The fourth-order valence-electron chi connectivity index (χ4n) is 4.98. The van der Waals surface area contributed by atoms with Crippen LogP contribution in [0.4, 0.5) is 26.3 Å². The predicted octanol–water partition coefficient (Wildman–Crippen LogP) is 7.09. The summed E-state index contributed by atoms with van der Waals surface area (Å²) in [5.74, 6) is -0.784. The molecule has 1 N–H and O–H groups in total. The maximum atomic E-state index is 14.8. The van der Waals surface area contributed by atoms with E-state index in [1.165, 1.54) is 37.3 Å². The molecule has 1 aliphatic rings. The molecule has 0 saturated heterocycles. The third-order valence-corrected chi connectivity index (χ3v) is 6.97. The fourth-order valence-corrected chi connectivity index (χ4v) is 4.98. The van der Waals surface area contributed by atoms with Gasteiger partial charge < -0.3 is 19.0 Å². The highest BCUT2D eigenvalue weighted by Crippen LogP contribution is 2.45. The number of nitrogens with zero attached hydrogens (tertiary/aromatic N) is 3. The normalized spacial score (nSPS) is 13.3. The summed E-state index contributed by atoms with van der Waals surface area (Å²) in [6.45, 7) is 4.15. The van der Waals surface area contributed by atoms with Gasteiger partial charge in [-0.1, -0.05) is 12.1 Å². The van der Waals surface area contributed by atoms with Crippen molar-refractivity contribution in [2.24, 2.45) is 0 Å². The van der Waals surface area contributed by atoms with Crippen molar-refractivity contribution in [2.75, 3.05) is 0 Å². The molecule has 5 aromatic rings. The zero-order valence-corrected chi connectivity index (χ0v) is 24.7. The Labute approximate surface area is 259 Å². The van der Waals surface area contributed by atoms with Gasteiger partial charge in [0.05, 0.1) is 12.3 Å². The van der Waals surface area contributed by atoms with Gasteiger partial charge in [0.1, 0.15) is 11.5 Å². The van der Waals surface area contributed by atoms with Gasteiger partial charge >= 0.3 is 24.0 Å². The largest absolute Gasteiger partial charge is 0.586 e. The molecule has 9 nitrogen and oxygen atoms in total. The SMILES string of the molecule is Cc1nc(-c2cc(-c3cc(C)c(CO)c(F)c3)ccc2-n2nc(C(F)(F)F)cc2C)c(-c2ccc3c(c2)OC(F)(F)O3)o1.O=S=O. The van der Waals surface area contributed by atoms with Crippen LogP contribution in [0.2, 0.25) is 0 Å². The van der Waals surface area contributed by atoms with Crippen molar-refractivity contribution in [3.05, 3.63) is 88.8 Å². The quantitative estimate of drug-likeness (QED) is 0.198. The molecular formula is C30H21F6N3O6S. The van der Waals surface area contributed by atoms with Crippen LogP contribution >= 0.6 is 0 Å². The molecule has 0 saturated carbocycles. The van der Waals surface area contributed by atoms with Crippen LogP contribution < -0.4 is 9.47 Å². The fraction of sp³-hybridized carbons (Fsp3) is 0.200. The lowest BCUT2D eigenvalue weighted by molar-refractivity contribution is -0.286. The van der Waals surface area contributed by atoms with Crippen LogP contribution in [0.5, 0.6) is 11.5 Å². The first-order valence-electron chi connectivity index (χ1n) is 13.1. The number of alkyl halides is 5. The molecule has 0 aliphatic carbocycles. The Kier molecular flexibility index (Phi) is 8.53. The van der Waals surface area contributed by atoms with Gasteiger partial charge in [0.25, 0.3) is 0 Å². The second-order valence-corrected chi connectivity index (χ2v) is 10.2. The maximum absolute atomic E-state index is 14.8. The summed E-state index contributed by atoms with van der Waals surface area (Å²) < 4.78 is 115. The molecule has 46 heavy (non-hydrogen) atoms. The van der Waals surface area contributed by atoms with E-state index in [4.69, 9.17) is 12.8 Å². The molecule has 6 rings (SSSR count). The van der Waals surface area contributed by atoms with E-state index in [1.807, 2.05) is 0 Å². The number of benzene rings is 3. The van der Waals surface area contributed by atoms with Crippen LogP contribution in [-0.2, 0) is 24.4 Å². The number of oxazole rings is 1. The van der Waals surface area contributed by atoms with Gasteiger partial charge in [-0.25, -0.2) is 14.1 Å². The maximum Gasteiger partial charge on any atom is 0.586 e. The molecule has 0 bridgehead atoms. The lowest BCUT2D eigenvalue weighted by Crippen LogP contribution is -2.25. The van der Waals surface area contributed by atoms with E-state index in [-0.39, 0.29) is 56.9 Å². The van der Waals surface area contributed by atoms with Gasteiger partial charge in [-0.15, -0.1) is 8.78 Å². The van der Waals surface area contributed by atoms with E-state index in [1.54, 1.807) is 32.0 Å². The molecule has 0 unspecified atom stereocenters. The summed E-state index contributed by atoms with van der Waals surface area (Å²) in [6, 6.07) is 12.5. The molecule has 1 aliphatic heterocycles. The van der Waals surface area contributed by atoms with E-state index in [2.05, 4.69) is 19.6 Å². The Morgan fingerprint density at radius 2 is 1.59 bits per heavy atom. The number of rotatable bonds is 5. The van der Waals surface area contributed by atoms with E-state index in [0.29, 0.717) is 16.7 Å². The average Bonchev–Trinajstić information content (AvgIpc) is 3.65. The molecule has 0 fully saturated rings. The zero-order chi connectivity index (χ0) is 33.6. The van der Waals surface area contributed by atoms with Crippen molar-refractivity contribution in [1.82, 2.24) is 14.8 Å². The van der Waals surface area contributed by atoms with Crippen molar-refractivity contribution < 1.29 is 53.8 Å². The third-order valence-electron chi connectivity index (χ3n) is 6.97. The van der Waals surface area contributed by atoms with Crippen LogP contribution in [0, 0.1) is 26.6 Å². The summed E-state index contributed by atoms with van der Waals surface area (Å²) in [6.07, 6.45) is -8.56. The van der Waals surface area contributed by atoms with E-state index < -0.39 is 42.2 Å².